The van der Waals surface area contributed by atoms with Crippen molar-refractivity contribution in [1.82, 2.24) is 5.32 Å². The number of amides is 2. The number of rotatable bonds is 6. The first kappa shape index (κ1) is 17.3. The summed E-state index contributed by atoms with van der Waals surface area (Å²) in [5.74, 6) is -1.01. The van der Waals surface area contributed by atoms with E-state index in [2.05, 4.69) is 5.32 Å². The van der Waals surface area contributed by atoms with Gasteiger partial charge >= 0.3 is 5.97 Å². The van der Waals surface area contributed by atoms with Gasteiger partial charge in [-0.1, -0.05) is 0 Å². The van der Waals surface area contributed by atoms with Crippen LogP contribution in [0.25, 0.3) is 0 Å². The van der Waals surface area contributed by atoms with Gasteiger partial charge in [-0.05, 0) is 43.5 Å². The fraction of sp³-hybridized carbons (Fsp3) is 0.500. The molecule has 0 radical (unpaired) electrons. The Hall–Kier alpha value is -2.57. The molecule has 7 nitrogen and oxygen atoms in total. The van der Waals surface area contributed by atoms with Gasteiger partial charge in [0.25, 0.3) is 0 Å². The highest BCUT2D eigenvalue weighted by Gasteiger charge is 2.43. The highest BCUT2D eigenvalue weighted by Crippen LogP contribution is 2.36. The lowest BCUT2D eigenvalue weighted by molar-refractivity contribution is -0.141. The lowest BCUT2D eigenvalue weighted by Gasteiger charge is -2.42. The fourth-order valence-electron chi connectivity index (χ4n) is 3.50. The molecule has 2 fully saturated rings. The number of carboxylic acids is 1. The standard InChI is InChI=1S/C18H22N2O5/c1-25-14-5-3-13(4-6-14)20-11-12(9-15(20)21)17(24)19-18(7-2-8-18)10-16(22)23/h3-6,12H,2,7-11H2,1H3,(H,19,24)(H,22,23). The fourth-order valence-corrected chi connectivity index (χ4v) is 3.50. The molecule has 134 valence electrons. The highest BCUT2D eigenvalue weighted by molar-refractivity contribution is 6.00. The Labute approximate surface area is 146 Å². The molecule has 7 heteroatoms. The third kappa shape index (κ3) is 3.60. The topological polar surface area (TPSA) is 95.9 Å². The van der Waals surface area contributed by atoms with Crippen molar-refractivity contribution in [3.63, 3.8) is 0 Å². The summed E-state index contributed by atoms with van der Waals surface area (Å²) in [4.78, 5) is 37.5. The molecule has 1 atom stereocenters. The van der Waals surface area contributed by atoms with Crippen molar-refractivity contribution in [1.29, 1.82) is 0 Å². The molecule has 2 amide bonds. The number of ether oxygens (including phenoxy) is 1. The third-order valence-electron chi connectivity index (χ3n) is 5.07. The number of benzene rings is 1. The molecule has 1 unspecified atom stereocenters. The number of carbonyl (C=O) groups excluding carboxylic acids is 2. The lowest BCUT2D eigenvalue weighted by atomic mass is 9.74. The molecule has 1 aromatic rings. The van der Waals surface area contributed by atoms with Crippen molar-refractivity contribution in [3.8, 4) is 5.75 Å². The van der Waals surface area contributed by atoms with Crippen molar-refractivity contribution < 1.29 is 24.2 Å². The van der Waals surface area contributed by atoms with Crippen LogP contribution in [-0.2, 0) is 14.4 Å². The van der Waals surface area contributed by atoms with Gasteiger partial charge in [0.2, 0.25) is 11.8 Å². The molecule has 25 heavy (non-hydrogen) atoms. The summed E-state index contributed by atoms with van der Waals surface area (Å²) in [7, 11) is 1.57. The Balaban J connectivity index is 1.65. The summed E-state index contributed by atoms with van der Waals surface area (Å²) in [6, 6.07) is 7.11. The average molecular weight is 346 g/mol. The van der Waals surface area contributed by atoms with Crippen LogP contribution in [0.1, 0.15) is 32.1 Å². The highest BCUT2D eigenvalue weighted by atomic mass is 16.5. The summed E-state index contributed by atoms with van der Waals surface area (Å²) < 4.78 is 5.11. The zero-order valence-electron chi connectivity index (χ0n) is 14.2. The van der Waals surface area contributed by atoms with Crippen LogP contribution in [0.4, 0.5) is 5.69 Å². The van der Waals surface area contributed by atoms with Crippen LogP contribution in [-0.4, -0.2) is 42.1 Å². The van der Waals surface area contributed by atoms with Crippen LogP contribution in [0.3, 0.4) is 0 Å². The van der Waals surface area contributed by atoms with E-state index >= 15 is 0 Å². The number of nitrogens with zero attached hydrogens (tertiary/aromatic N) is 1. The van der Waals surface area contributed by atoms with Gasteiger partial charge in [0, 0.05) is 18.7 Å². The van der Waals surface area contributed by atoms with E-state index in [4.69, 9.17) is 9.84 Å². The molecular weight excluding hydrogens is 324 g/mol. The number of methoxy groups -OCH3 is 1. The second-order valence-corrected chi connectivity index (χ2v) is 6.80. The summed E-state index contributed by atoms with van der Waals surface area (Å²) in [6.07, 6.45) is 2.33. The van der Waals surface area contributed by atoms with Gasteiger partial charge in [-0.2, -0.15) is 0 Å². The minimum Gasteiger partial charge on any atom is -0.497 e. The Morgan fingerprint density at radius 1 is 1.32 bits per heavy atom. The van der Waals surface area contributed by atoms with E-state index in [9.17, 15) is 14.4 Å². The zero-order valence-corrected chi connectivity index (χ0v) is 14.2. The molecular formula is C18H22N2O5. The van der Waals surface area contributed by atoms with Crippen LogP contribution in [0, 0.1) is 5.92 Å². The number of aliphatic carboxylic acids is 1. The first-order valence-corrected chi connectivity index (χ1v) is 8.41. The van der Waals surface area contributed by atoms with Crippen LogP contribution in [0.2, 0.25) is 0 Å². The molecule has 1 aliphatic carbocycles. The molecule has 0 spiro atoms. The molecule has 3 rings (SSSR count). The molecule has 1 saturated heterocycles. The Kier molecular flexibility index (Phi) is 4.65. The first-order chi connectivity index (χ1) is 11.9. The maximum Gasteiger partial charge on any atom is 0.305 e. The lowest BCUT2D eigenvalue weighted by Crippen LogP contribution is -2.56. The molecule has 2 N–H and O–H groups in total. The van der Waals surface area contributed by atoms with Crippen molar-refractivity contribution >= 4 is 23.5 Å². The van der Waals surface area contributed by atoms with E-state index in [-0.39, 0.29) is 24.7 Å². The van der Waals surface area contributed by atoms with Crippen molar-refractivity contribution in [2.45, 2.75) is 37.6 Å². The number of anilines is 1. The SMILES string of the molecule is COc1ccc(N2CC(C(=O)NC3(CC(=O)O)CCC3)CC2=O)cc1. The number of carboxylic acid groups (broad SMARTS) is 1. The van der Waals surface area contributed by atoms with Crippen LogP contribution < -0.4 is 15.0 Å². The zero-order chi connectivity index (χ0) is 18.0. The minimum absolute atomic E-state index is 0.0679. The van der Waals surface area contributed by atoms with Crippen molar-refractivity contribution in [2.75, 3.05) is 18.6 Å². The molecule has 1 heterocycles. The molecule has 1 aromatic carbocycles. The van der Waals surface area contributed by atoms with Crippen LogP contribution >= 0.6 is 0 Å². The van der Waals surface area contributed by atoms with Gasteiger partial charge in [0.15, 0.2) is 0 Å². The second kappa shape index (κ2) is 6.74. The van der Waals surface area contributed by atoms with E-state index < -0.39 is 17.4 Å². The summed E-state index contributed by atoms with van der Waals surface area (Å²) in [5.41, 5.74) is 0.0875. The van der Waals surface area contributed by atoms with Crippen molar-refractivity contribution in [2.24, 2.45) is 5.92 Å². The number of nitrogens with one attached hydrogen (secondary N) is 1. The predicted molar refractivity (Wildman–Crippen MR) is 90.4 cm³/mol. The largest absolute Gasteiger partial charge is 0.497 e. The quantitative estimate of drug-likeness (QED) is 0.815. The van der Waals surface area contributed by atoms with Gasteiger partial charge in [-0.3, -0.25) is 14.4 Å². The third-order valence-corrected chi connectivity index (χ3v) is 5.07. The summed E-state index contributed by atoms with van der Waals surface area (Å²) in [5, 5.41) is 11.9. The Morgan fingerprint density at radius 2 is 2.00 bits per heavy atom. The van der Waals surface area contributed by atoms with E-state index in [0.29, 0.717) is 25.1 Å². The van der Waals surface area contributed by atoms with Gasteiger partial charge in [-0.25, -0.2) is 0 Å². The Bertz CT molecular complexity index is 681. The van der Waals surface area contributed by atoms with E-state index in [0.717, 1.165) is 12.1 Å². The molecule has 2 aliphatic rings. The number of hydrogen-bond donors (Lipinski definition) is 2. The van der Waals surface area contributed by atoms with Gasteiger partial charge in [-0.15, -0.1) is 0 Å². The van der Waals surface area contributed by atoms with E-state index in [1.54, 1.807) is 36.3 Å². The second-order valence-electron chi connectivity index (χ2n) is 6.80. The normalized spacial score (nSPS) is 21.6. The molecule has 0 aromatic heterocycles. The first-order valence-electron chi connectivity index (χ1n) is 8.41. The van der Waals surface area contributed by atoms with Crippen molar-refractivity contribution in [3.05, 3.63) is 24.3 Å². The van der Waals surface area contributed by atoms with Gasteiger partial charge in [0.1, 0.15) is 5.75 Å². The molecule has 1 saturated carbocycles. The number of carbonyl (C=O) groups is 3. The van der Waals surface area contributed by atoms with E-state index in [1.165, 1.54) is 0 Å². The maximum absolute atomic E-state index is 12.6. The van der Waals surface area contributed by atoms with Gasteiger partial charge in [0.05, 0.1) is 25.0 Å². The molecule has 0 bridgehead atoms. The average Bonchev–Trinajstić information content (AvgIpc) is 2.94. The predicted octanol–water partition coefficient (Wildman–Crippen LogP) is 1.56. The van der Waals surface area contributed by atoms with Crippen LogP contribution in [0.15, 0.2) is 24.3 Å². The van der Waals surface area contributed by atoms with E-state index in [1.807, 2.05) is 0 Å². The monoisotopic (exact) mass is 346 g/mol. The maximum atomic E-state index is 12.6. The Morgan fingerprint density at radius 3 is 2.52 bits per heavy atom. The van der Waals surface area contributed by atoms with Gasteiger partial charge < -0.3 is 20.1 Å². The molecule has 1 aliphatic heterocycles. The summed E-state index contributed by atoms with van der Waals surface area (Å²) >= 11 is 0. The smallest absolute Gasteiger partial charge is 0.305 e. The summed E-state index contributed by atoms with van der Waals surface area (Å²) in [6.45, 7) is 0.306. The minimum atomic E-state index is -0.914. The van der Waals surface area contributed by atoms with Crippen LogP contribution in [0.5, 0.6) is 5.75 Å². The number of hydrogen-bond acceptors (Lipinski definition) is 4.